The van der Waals surface area contributed by atoms with E-state index in [-0.39, 0.29) is 0 Å². The van der Waals surface area contributed by atoms with Gasteiger partial charge in [0.25, 0.3) is 0 Å². The molecule has 0 saturated carbocycles. The second-order valence-electron chi connectivity index (χ2n) is 3.96. The maximum absolute atomic E-state index is 10.3. The van der Waals surface area contributed by atoms with Crippen molar-refractivity contribution < 1.29 is 5.11 Å². The van der Waals surface area contributed by atoms with Crippen molar-refractivity contribution in [2.75, 3.05) is 0 Å². The molecule has 16 heavy (non-hydrogen) atoms. The maximum atomic E-state index is 10.3. The van der Waals surface area contributed by atoms with Crippen LogP contribution >= 0.6 is 0 Å². The Morgan fingerprint density at radius 1 is 1.00 bits per heavy atom. The van der Waals surface area contributed by atoms with E-state index in [0.717, 1.165) is 16.7 Å². The van der Waals surface area contributed by atoms with Crippen LogP contribution in [-0.4, -0.2) is 10.1 Å². The Labute approximate surface area is 95.6 Å². The molecule has 1 heterocycles. The molecular formula is C14H15NO. The van der Waals surface area contributed by atoms with E-state index in [1.54, 1.807) is 6.20 Å². The number of pyridine rings is 1. The zero-order chi connectivity index (χ0) is 11.5. The van der Waals surface area contributed by atoms with Crippen molar-refractivity contribution in [3.63, 3.8) is 0 Å². The van der Waals surface area contributed by atoms with Gasteiger partial charge in [0.05, 0.1) is 5.69 Å². The fourth-order valence-electron chi connectivity index (χ4n) is 1.94. The van der Waals surface area contributed by atoms with Gasteiger partial charge in [-0.1, -0.05) is 24.3 Å². The summed E-state index contributed by atoms with van der Waals surface area (Å²) in [6, 6.07) is 11.6. The van der Waals surface area contributed by atoms with Crippen LogP contribution in [0.15, 0.2) is 42.6 Å². The van der Waals surface area contributed by atoms with Crippen LogP contribution < -0.4 is 0 Å². The molecule has 2 nitrogen and oxygen atoms in total. The molecule has 0 aliphatic rings. The van der Waals surface area contributed by atoms with Gasteiger partial charge in [0, 0.05) is 6.20 Å². The molecule has 0 aliphatic heterocycles. The molecule has 0 aliphatic carbocycles. The first-order chi connectivity index (χ1) is 7.70. The van der Waals surface area contributed by atoms with Crippen molar-refractivity contribution >= 4 is 0 Å². The van der Waals surface area contributed by atoms with E-state index in [0.29, 0.717) is 5.69 Å². The zero-order valence-electron chi connectivity index (χ0n) is 9.51. The Hall–Kier alpha value is -1.67. The molecule has 1 unspecified atom stereocenters. The highest BCUT2D eigenvalue weighted by atomic mass is 16.3. The summed E-state index contributed by atoms with van der Waals surface area (Å²) >= 11 is 0. The molecule has 2 heteroatoms. The second kappa shape index (κ2) is 4.45. The van der Waals surface area contributed by atoms with Gasteiger partial charge in [-0.3, -0.25) is 4.98 Å². The lowest BCUT2D eigenvalue weighted by atomic mass is 9.96. The predicted octanol–water partition coefficient (Wildman–Crippen LogP) is 2.78. The molecule has 0 spiro atoms. The van der Waals surface area contributed by atoms with Crippen molar-refractivity contribution in [1.29, 1.82) is 0 Å². The number of aliphatic hydroxyl groups excluding tert-OH is 1. The smallest absolute Gasteiger partial charge is 0.121 e. The highest BCUT2D eigenvalue weighted by Gasteiger charge is 2.15. The lowest BCUT2D eigenvalue weighted by molar-refractivity contribution is 0.214. The lowest BCUT2D eigenvalue weighted by Crippen LogP contribution is -2.05. The molecule has 0 amide bonds. The van der Waals surface area contributed by atoms with Crippen LogP contribution in [0.3, 0.4) is 0 Å². The van der Waals surface area contributed by atoms with E-state index < -0.39 is 6.10 Å². The Kier molecular flexibility index (Phi) is 3.02. The molecule has 1 aromatic heterocycles. The third-order valence-electron chi connectivity index (χ3n) is 2.78. The fourth-order valence-corrected chi connectivity index (χ4v) is 1.94. The molecule has 82 valence electrons. The van der Waals surface area contributed by atoms with Crippen molar-refractivity contribution in [2.24, 2.45) is 0 Å². The minimum Gasteiger partial charge on any atom is -0.382 e. The lowest BCUT2D eigenvalue weighted by Gasteiger charge is -2.15. The first-order valence-corrected chi connectivity index (χ1v) is 5.35. The standard InChI is InChI=1S/C14H15NO/c1-10-6-5-7-11(2)13(10)14(16)12-8-3-4-9-15-12/h3-9,14,16H,1-2H3. The van der Waals surface area contributed by atoms with Gasteiger partial charge in [0.15, 0.2) is 0 Å². The van der Waals surface area contributed by atoms with Crippen LogP contribution in [0.5, 0.6) is 0 Å². The summed E-state index contributed by atoms with van der Waals surface area (Å²) in [5, 5.41) is 10.3. The number of hydrogen-bond donors (Lipinski definition) is 1. The van der Waals surface area contributed by atoms with Crippen LogP contribution in [0.4, 0.5) is 0 Å². The van der Waals surface area contributed by atoms with Gasteiger partial charge in [-0.2, -0.15) is 0 Å². The molecular weight excluding hydrogens is 198 g/mol. The predicted molar refractivity (Wildman–Crippen MR) is 64.2 cm³/mol. The minimum atomic E-state index is -0.637. The molecule has 0 fully saturated rings. The Bertz CT molecular complexity index is 459. The SMILES string of the molecule is Cc1cccc(C)c1C(O)c1ccccn1. The van der Waals surface area contributed by atoms with Gasteiger partial charge in [0.1, 0.15) is 6.10 Å². The number of nitrogens with zero attached hydrogens (tertiary/aromatic N) is 1. The molecule has 0 saturated heterocycles. The van der Waals surface area contributed by atoms with Gasteiger partial charge in [-0.25, -0.2) is 0 Å². The van der Waals surface area contributed by atoms with Gasteiger partial charge >= 0.3 is 0 Å². The molecule has 1 atom stereocenters. The van der Waals surface area contributed by atoms with Crippen LogP contribution in [0, 0.1) is 13.8 Å². The third kappa shape index (κ3) is 1.97. The van der Waals surface area contributed by atoms with Gasteiger partial charge < -0.3 is 5.11 Å². The highest BCUT2D eigenvalue weighted by Crippen LogP contribution is 2.26. The van der Waals surface area contributed by atoms with E-state index in [1.807, 2.05) is 50.2 Å². The minimum absolute atomic E-state index is 0.637. The van der Waals surface area contributed by atoms with Crippen molar-refractivity contribution in [3.05, 3.63) is 65.0 Å². The van der Waals surface area contributed by atoms with Gasteiger partial charge in [-0.15, -0.1) is 0 Å². The summed E-state index contributed by atoms with van der Waals surface area (Å²) in [6.07, 6.45) is 1.06. The van der Waals surface area contributed by atoms with E-state index in [2.05, 4.69) is 4.98 Å². The highest BCUT2D eigenvalue weighted by molar-refractivity contribution is 5.38. The van der Waals surface area contributed by atoms with E-state index >= 15 is 0 Å². The van der Waals surface area contributed by atoms with Crippen molar-refractivity contribution in [2.45, 2.75) is 20.0 Å². The van der Waals surface area contributed by atoms with Gasteiger partial charge in [-0.05, 0) is 42.7 Å². The average Bonchev–Trinajstić information content (AvgIpc) is 2.30. The first-order valence-electron chi connectivity index (χ1n) is 5.35. The summed E-state index contributed by atoms with van der Waals surface area (Å²) in [7, 11) is 0. The summed E-state index contributed by atoms with van der Waals surface area (Å²) < 4.78 is 0. The normalized spacial score (nSPS) is 12.4. The fraction of sp³-hybridized carbons (Fsp3) is 0.214. The van der Waals surface area contributed by atoms with Gasteiger partial charge in [0.2, 0.25) is 0 Å². The third-order valence-corrected chi connectivity index (χ3v) is 2.78. The Balaban J connectivity index is 2.46. The van der Waals surface area contributed by atoms with Crippen LogP contribution in [0.2, 0.25) is 0 Å². The quantitative estimate of drug-likeness (QED) is 0.832. The second-order valence-corrected chi connectivity index (χ2v) is 3.96. The number of aliphatic hydroxyl groups is 1. The Morgan fingerprint density at radius 3 is 2.25 bits per heavy atom. The maximum Gasteiger partial charge on any atom is 0.121 e. The Morgan fingerprint density at radius 2 is 1.69 bits per heavy atom. The molecule has 1 aromatic carbocycles. The van der Waals surface area contributed by atoms with Crippen LogP contribution in [0.1, 0.15) is 28.5 Å². The number of benzene rings is 1. The zero-order valence-corrected chi connectivity index (χ0v) is 9.51. The summed E-state index contributed by atoms with van der Waals surface area (Å²) in [6.45, 7) is 4.02. The molecule has 0 bridgehead atoms. The van der Waals surface area contributed by atoms with E-state index in [1.165, 1.54) is 0 Å². The van der Waals surface area contributed by atoms with Crippen molar-refractivity contribution in [1.82, 2.24) is 4.98 Å². The number of aryl methyl sites for hydroxylation is 2. The van der Waals surface area contributed by atoms with E-state index in [4.69, 9.17) is 0 Å². The van der Waals surface area contributed by atoms with E-state index in [9.17, 15) is 5.11 Å². The number of hydrogen-bond acceptors (Lipinski definition) is 2. The topological polar surface area (TPSA) is 33.1 Å². The monoisotopic (exact) mass is 213 g/mol. The van der Waals surface area contributed by atoms with Crippen molar-refractivity contribution in [3.8, 4) is 0 Å². The first kappa shape index (κ1) is 10.8. The molecule has 2 rings (SSSR count). The summed E-state index contributed by atoms with van der Waals surface area (Å²) in [4.78, 5) is 4.19. The van der Waals surface area contributed by atoms with Crippen LogP contribution in [-0.2, 0) is 0 Å². The largest absolute Gasteiger partial charge is 0.382 e. The number of aromatic nitrogens is 1. The summed E-state index contributed by atoms with van der Waals surface area (Å²) in [5.41, 5.74) is 3.84. The summed E-state index contributed by atoms with van der Waals surface area (Å²) in [5.74, 6) is 0. The molecule has 1 N–H and O–H groups in total. The average molecular weight is 213 g/mol. The molecule has 0 radical (unpaired) electrons. The van der Waals surface area contributed by atoms with Crippen LogP contribution in [0.25, 0.3) is 0 Å². The number of rotatable bonds is 2. The molecule has 2 aromatic rings.